The van der Waals surface area contributed by atoms with Gasteiger partial charge in [0, 0.05) is 26.2 Å². The molecule has 0 aromatic rings. The fourth-order valence-corrected chi connectivity index (χ4v) is 1.82. The van der Waals surface area contributed by atoms with Crippen LogP contribution >= 0.6 is 0 Å². The summed E-state index contributed by atoms with van der Waals surface area (Å²) in [6.45, 7) is 2.23. The molecule has 2 N–H and O–H groups in total. The van der Waals surface area contributed by atoms with Crippen LogP contribution in [0, 0.1) is 0 Å². The summed E-state index contributed by atoms with van der Waals surface area (Å²) in [5.74, 6) is 0.0560. The molecular weight excluding hydrogens is 166 g/mol. The van der Waals surface area contributed by atoms with Gasteiger partial charge in [-0.2, -0.15) is 0 Å². The molecule has 2 rings (SSSR count). The Labute approximate surface area is 78.7 Å². The van der Waals surface area contributed by atoms with Crippen LogP contribution in [0.15, 0.2) is 0 Å². The van der Waals surface area contributed by atoms with Crippen LogP contribution in [0.2, 0.25) is 0 Å². The van der Waals surface area contributed by atoms with Crippen molar-refractivity contribution in [2.75, 3.05) is 26.7 Å². The maximum atomic E-state index is 11.2. The van der Waals surface area contributed by atoms with Crippen LogP contribution in [-0.4, -0.2) is 54.5 Å². The highest BCUT2D eigenvalue weighted by Gasteiger charge is 2.40. The van der Waals surface area contributed by atoms with Crippen molar-refractivity contribution >= 4 is 5.91 Å². The number of nitrogens with zero attached hydrogens (tertiary/aromatic N) is 2. The van der Waals surface area contributed by atoms with Crippen LogP contribution in [0.4, 0.5) is 0 Å². The Kier molecular flexibility index (Phi) is 2.26. The van der Waals surface area contributed by atoms with Crippen molar-refractivity contribution in [1.29, 1.82) is 0 Å². The third kappa shape index (κ3) is 1.69. The van der Waals surface area contributed by atoms with Crippen molar-refractivity contribution in [3.05, 3.63) is 0 Å². The Morgan fingerprint density at radius 1 is 1.54 bits per heavy atom. The molecule has 0 spiro atoms. The zero-order valence-corrected chi connectivity index (χ0v) is 8.07. The van der Waals surface area contributed by atoms with Crippen molar-refractivity contribution in [1.82, 2.24) is 9.80 Å². The molecule has 1 aliphatic carbocycles. The second-order valence-corrected chi connectivity index (χ2v) is 4.05. The van der Waals surface area contributed by atoms with Gasteiger partial charge >= 0.3 is 0 Å². The molecule has 0 unspecified atom stereocenters. The lowest BCUT2D eigenvalue weighted by Gasteiger charge is -2.44. The molecule has 4 heteroatoms. The molecule has 0 aromatic carbocycles. The molecule has 1 aliphatic heterocycles. The van der Waals surface area contributed by atoms with Crippen molar-refractivity contribution in [3.63, 3.8) is 0 Å². The molecule has 0 atom stereocenters. The molecule has 1 amide bonds. The van der Waals surface area contributed by atoms with E-state index >= 15 is 0 Å². The highest BCUT2D eigenvalue weighted by molar-refractivity contribution is 5.78. The number of hydrogen-bond donors (Lipinski definition) is 1. The van der Waals surface area contributed by atoms with Crippen molar-refractivity contribution in [2.24, 2.45) is 5.73 Å². The van der Waals surface area contributed by atoms with E-state index in [1.807, 2.05) is 7.05 Å². The topological polar surface area (TPSA) is 49.6 Å². The van der Waals surface area contributed by atoms with Gasteiger partial charge in [-0.15, -0.1) is 0 Å². The van der Waals surface area contributed by atoms with Gasteiger partial charge in [-0.25, -0.2) is 0 Å². The fourth-order valence-electron chi connectivity index (χ4n) is 1.82. The Bertz CT molecular complexity index is 209. The van der Waals surface area contributed by atoms with Crippen molar-refractivity contribution in [2.45, 2.75) is 24.9 Å². The van der Waals surface area contributed by atoms with Gasteiger partial charge in [0.1, 0.15) is 0 Å². The Morgan fingerprint density at radius 2 is 2.15 bits per heavy atom. The van der Waals surface area contributed by atoms with Gasteiger partial charge in [-0.05, 0) is 12.8 Å². The molecular formula is C9H17N3O. The van der Waals surface area contributed by atoms with E-state index in [4.69, 9.17) is 5.73 Å². The number of carbonyl (C=O) groups is 1. The predicted octanol–water partition coefficient (Wildman–Crippen LogP) is -0.750. The van der Waals surface area contributed by atoms with Crippen molar-refractivity contribution < 1.29 is 4.79 Å². The van der Waals surface area contributed by atoms with Crippen LogP contribution in [0.3, 0.4) is 0 Å². The van der Waals surface area contributed by atoms with E-state index in [-0.39, 0.29) is 12.5 Å². The molecule has 1 heterocycles. The smallest absolute Gasteiger partial charge is 0.236 e. The minimum atomic E-state index is 0.0560. The summed E-state index contributed by atoms with van der Waals surface area (Å²) in [6.07, 6.45) is 2.70. The summed E-state index contributed by atoms with van der Waals surface area (Å²) in [5.41, 5.74) is 5.29. The molecule has 0 radical (unpaired) electrons. The standard InChI is InChI=1S/C9H17N3O/c1-11(9(13)4-10)8-5-12(6-8)7-2-3-7/h7-8H,2-6,10H2,1H3. The van der Waals surface area contributed by atoms with Crippen LogP contribution < -0.4 is 5.73 Å². The Morgan fingerprint density at radius 3 is 2.62 bits per heavy atom. The lowest BCUT2D eigenvalue weighted by molar-refractivity contribution is -0.133. The average molecular weight is 183 g/mol. The summed E-state index contributed by atoms with van der Waals surface area (Å²) < 4.78 is 0. The molecule has 13 heavy (non-hydrogen) atoms. The fraction of sp³-hybridized carbons (Fsp3) is 0.889. The number of nitrogens with two attached hydrogens (primary N) is 1. The minimum absolute atomic E-state index is 0.0560. The first kappa shape index (κ1) is 8.97. The van der Waals surface area contributed by atoms with E-state index in [0.29, 0.717) is 6.04 Å². The molecule has 1 saturated heterocycles. The first-order valence-electron chi connectivity index (χ1n) is 4.92. The number of likely N-dealkylation sites (N-methyl/N-ethyl adjacent to an activating group) is 1. The van der Waals surface area contributed by atoms with Gasteiger partial charge in [0.25, 0.3) is 0 Å². The van der Waals surface area contributed by atoms with E-state index in [2.05, 4.69) is 4.90 Å². The van der Waals surface area contributed by atoms with E-state index in [0.717, 1.165) is 19.1 Å². The van der Waals surface area contributed by atoms with Crippen LogP contribution in [0.5, 0.6) is 0 Å². The van der Waals surface area contributed by atoms with Gasteiger partial charge in [0.2, 0.25) is 5.91 Å². The van der Waals surface area contributed by atoms with E-state index in [1.165, 1.54) is 12.8 Å². The highest BCUT2D eigenvalue weighted by atomic mass is 16.2. The molecule has 1 saturated carbocycles. The Balaban J connectivity index is 1.75. The predicted molar refractivity (Wildman–Crippen MR) is 50.2 cm³/mol. The van der Waals surface area contributed by atoms with Gasteiger partial charge in [0.15, 0.2) is 0 Å². The SMILES string of the molecule is CN(C(=O)CN)C1CN(C2CC2)C1. The lowest BCUT2D eigenvalue weighted by atomic mass is 10.1. The van der Waals surface area contributed by atoms with E-state index in [9.17, 15) is 4.79 Å². The van der Waals surface area contributed by atoms with E-state index in [1.54, 1.807) is 4.90 Å². The minimum Gasteiger partial charge on any atom is -0.339 e. The average Bonchev–Trinajstić information content (AvgIpc) is 2.84. The summed E-state index contributed by atoms with van der Waals surface area (Å²) in [6, 6.07) is 1.24. The molecule has 4 nitrogen and oxygen atoms in total. The van der Waals surface area contributed by atoms with Gasteiger partial charge < -0.3 is 10.6 Å². The molecule has 2 aliphatic rings. The third-order valence-corrected chi connectivity index (χ3v) is 3.07. The highest BCUT2D eigenvalue weighted by Crippen LogP contribution is 2.31. The first-order chi connectivity index (χ1) is 6.22. The number of rotatable bonds is 3. The summed E-state index contributed by atoms with van der Waals surface area (Å²) in [4.78, 5) is 15.5. The number of hydrogen-bond acceptors (Lipinski definition) is 3. The largest absolute Gasteiger partial charge is 0.339 e. The maximum Gasteiger partial charge on any atom is 0.236 e. The molecule has 0 bridgehead atoms. The molecule has 0 aromatic heterocycles. The maximum absolute atomic E-state index is 11.2. The lowest BCUT2D eigenvalue weighted by Crippen LogP contribution is -2.60. The second-order valence-electron chi connectivity index (χ2n) is 4.05. The molecule has 2 fully saturated rings. The summed E-state index contributed by atoms with van der Waals surface area (Å²) in [7, 11) is 1.85. The monoisotopic (exact) mass is 183 g/mol. The van der Waals surface area contributed by atoms with Gasteiger partial charge in [-0.3, -0.25) is 9.69 Å². The van der Waals surface area contributed by atoms with Crippen LogP contribution in [-0.2, 0) is 4.79 Å². The Hall–Kier alpha value is -0.610. The first-order valence-corrected chi connectivity index (χ1v) is 4.92. The normalized spacial score (nSPS) is 24.2. The quantitative estimate of drug-likeness (QED) is 0.626. The van der Waals surface area contributed by atoms with Gasteiger partial charge in [-0.1, -0.05) is 0 Å². The zero-order valence-electron chi connectivity index (χ0n) is 8.07. The number of carbonyl (C=O) groups excluding carboxylic acids is 1. The number of likely N-dealkylation sites (tertiary alicyclic amines) is 1. The van der Waals surface area contributed by atoms with E-state index < -0.39 is 0 Å². The zero-order chi connectivity index (χ0) is 9.42. The summed E-state index contributed by atoms with van der Waals surface area (Å²) in [5, 5.41) is 0. The van der Waals surface area contributed by atoms with Gasteiger partial charge in [0.05, 0.1) is 12.6 Å². The van der Waals surface area contributed by atoms with Crippen LogP contribution in [0.25, 0.3) is 0 Å². The van der Waals surface area contributed by atoms with Crippen molar-refractivity contribution in [3.8, 4) is 0 Å². The third-order valence-electron chi connectivity index (χ3n) is 3.07. The molecule has 74 valence electrons. The van der Waals surface area contributed by atoms with Crippen LogP contribution in [0.1, 0.15) is 12.8 Å². The second kappa shape index (κ2) is 3.27. The summed E-state index contributed by atoms with van der Waals surface area (Å²) >= 11 is 0. The number of amides is 1.